The number of thiophene rings is 1. The Balaban J connectivity index is 1.60. The molecule has 1 aliphatic carbocycles. The molecule has 4 rings (SSSR count). The second kappa shape index (κ2) is 7.24. The van der Waals surface area contributed by atoms with E-state index in [4.69, 9.17) is 5.73 Å². The highest BCUT2D eigenvalue weighted by atomic mass is 32.1. The summed E-state index contributed by atoms with van der Waals surface area (Å²) in [6.07, 6.45) is 4.30. The maximum Gasteiger partial charge on any atom is 0.258 e. The molecule has 0 saturated carbocycles. The van der Waals surface area contributed by atoms with Gasteiger partial charge in [0.1, 0.15) is 11.5 Å². The molecular formula is C21H21N3O3S. The predicted molar refractivity (Wildman–Crippen MR) is 111 cm³/mol. The van der Waals surface area contributed by atoms with Crippen LogP contribution in [0.25, 0.3) is 10.8 Å². The van der Waals surface area contributed by atoms with Gasteiger partial charge in [-0.1, -0.05) is 25.1 Å². The molecule has 28 heavy (non-hydrogen) atoms. The number of pyridine rings is 1. The third kappa shape index (κ3) is 3.33. The smallest absolute Gasteiger partial charge is 0.258 e. The molecule has 1 unspecified atom stereocenters. The lowest BCUT2D eigenvalue weighted by Gasteiger charge is -2.18. The minimum atomic E-state index is -0.523. The van der Waals surface area contributed by atoms with E-state index in [-0.39, 0.29) is 18.0 Å². The highest BCUT2D eigenvalue weighted by molar-refractivity contribution is 7.17. The van der Waals surface area contributed by atoms with Crippen LogP contribution in [0, 0.1) is 5.92 Å². The molecule has 2 aromatic heterocycles. The molecule has 0 saturated heterocycles. The molecule has 0 bridgehead atoms. The van der Waals surface area contributed by atoms with Crippen molar-refractivity contribution in [2.75, 3.05) is 5.32 Å². The van der Waals surface area contributed by atoms with Crippen molar-refractivity contribution in [3.63, 3.8) is 0 Å². The van der Waals surface area contributed by atoms with E-state index in [1.54, 1.807) is 18.3 Å². The molecule has 2 amide bonds. The fourth-order valence-electron chi connectivity index (χ4n) is 3.77. The Morgan fingerprint density at radius 3 is 2.86 bits per heavy atom. The molecule has 1 aromatic carbocycles. The van der Waals surface area contributed by atoms with E-state index >= 15 is 0 Å². The molecule has 1 atom stereocenters. The monoisotopic (exact) mass is 395 g/mol. The molecule has 0 fully saturated rings. The predicted octanol–water partition coefficient (Wildman–Crippen LogP) is 2.93. The number of aromatic nitrogens is 1. The number of hydrogen-bond acceptors (Lipinski definition) is 4. The van der Waals surface area contributed by atoms with Gasteiger partial charge < -0.3 is 15.6 Å². The molecule has 2 heterocycles. The van der Waals surface area contributed by atoms with Gasteiger partial charge in [0.15, 0.2) is 0 Å². The van der Waals surface area contributed by atoms with Gasteiger partial charge in [-0.3, -0.25) is 14.4 Å². The van der Waals surface area contributed by atoms with Gasteiger partial charge in [-0.15, -0.1) is 11.3 Å². The van der Waals surface area contributed by atoms with E-state index in [0.29, 0.717) is 21.9 Å². The largest absolute Gasteiger partial charge is 0.365 e. The molecule has 1 aliphatic rings. The summed E-state index contributed by atoms with van der Waals surface area (Å²) in [7, 11) is 0. The van der Waals surface area contributed by atoms with Crippen LogP contribution in [0.15, 0.2) is 41.3 Å². The molecule has 3 aromatic rings. The van der Waals surface area contributed by atoms with Gasteiger partial charge in [0.05, 0.1) is 5.56 Å². The fourth-order valence-corrected chi connectivity index (χ4v) is 5.21. The maximum atomic E-state index is 12.6. The normalized spacial score (nSPS) is 16.0. The number of fused-ring (bicyclic) bond motifs is 2. The molecule has 6 nitrogen and oxygen atoms in total. The zero-order chi connectivity index (χ0) is 19.8. The summed E-state index contributed by atoms with van der Waals surface area (Å²) in [6, 6.07) is 9.07. The molecule has 7 heteroatoms. The van der Waals surface area contributed by atoms with Crippen LogP contribution in [-0.4, -0.2) is 16.4 Å². The summed E-state index contributed by atoms with van der Waals surface area (Å²) in [5.74, 6) is -0.330. The standard InChI is InChI=1S/C21H21N3O3S/c1-12-6-7-15-16(10-12)28-20(18(15)19(22)26)23-17(25)11-24-9-8-13-4-2-3-5-14(13)21(24)27/h2-5,8-9,12H,6-7,10-11H2,1H3,(H2,22,26)(H,23,25). The van der Waals surface area contributed by atoms with Crippen LogP contribution in [0.5, 0.6) is 0 Å². The Labute approximate surface area is 166 Å². The Morgan fingerprint density at radius 1 is 1.29 bits per heavy atom. The minimum Gasteiger partial charge on any atom is -0.365 e. The van der Waals surface area contributed by atoms with E-state index in [0.717, 1.165) is 35.1 Å². The summed E-state index contributed by atoms with van der Waals surface area (Å²) in [6.45, 7) is 2.05. The first-order chi connectivity index (χ1) is 13.4. The number of amides is 2. The number of nitrogens with one attached hydrogen (secondary N) is 1. The van der Waals surface area contributed by atoms with Gasteiger partial charge in [-0.25, -0.2) is 0 Å². The Bertz CT molecular complexity index is 1150. The lowest BCUT2D eigenvalue weighted by Crippen LogP contribution is -2.27. The number of primary amides is 1. The second-order valence-electron chi connectivity index (χ2n) is 7.30. The first-order valence-electron chi connectivity index (χ1n) is 9.26. The van der Waals surface area contributed by atoms with Crippen molar-refractivity contribution < 1.29 is 9.59 Å². The Hall–Kier alpha value is -2.93. The molecule has 0 spiro atoms. The van der Waals surface area contributed by atoms with E-state index in [1.807, 2.05) is 18.2 Å². The van der Waals surface area contributed by atoms with Gasteiger partial charge in [-0.2, -0.15) is 0 Å². The van der Waals surface area contributed by atoms with Crippen LogP contribution in [0.3, 0.4) is 0 Å². The van der Waals surface area contributed by atoms with Crippen molar-refractivity contribution in [3.8, 4) is 0 Å². The average molecular weight is 395 g/mol. The van der Waals surface area contributed by atoms with Crippen LogP contribution in [-0.2, 0) is 24.2 Å². The first-order valence-corrected chi connectivity index (χ1v) is 10.1. The topological polar surface area (TPSA) is 94.2 Å². The van der Waals surface area contributed by atoms with Gasteiger partial charge in [0, 0.05) is 16.5 Å². The number of carbonyl (C=O) groups is 2. The third-order valence-corrected chi connectivity index (χ3v) is 6.38. The third-order valence-electron chi connectivity index (χ3n) is 5.21. The number of nitrogens with two attached hydrogens (primary N) is 1. The number of anilines is 1. The summed E-state index contributed by atoms with van der Waals surface area (Å²) in [5, 5.41) is 4.70. The van der Waals surface area contributed by atoms with Crippen LogP contribution < -0.4 is 16.6 Å². The molecule has 144 valence electrons. The SMILES string of the molecule is CC1CCc2c(sc(NC(=O)Cn3ccc4ccccc4c3=O)c2C(N)=O)C1. The molecule has 3 N–H and O–H groups in total. The van der Waals surface area contributed by atoms with Crippen LogP contribution in [0.1, 0.15) is 34.1 Å². The Kier molecular flexibility index (Phi) is 4.77. The van der Waals surface area contributed by atoms with Crippen molar-refractivity contribution in [1.29, 1.82) is 0 Å². The fraction of sp³-hybridized carbons (Fsp3) is 0.286. The van der Waals surface area contributed by atoms with E-state index in [2.05, 4.69) is 12.2 Å². The van der Waals surface area contributed by atoms with Gasteiger partial charge in [-0.05, 0) is 48.3 Å². The van der Waals surface area contributed by atoms with Crippen molar-refractivity contribution in [2.24, 2.45) is 11.7 Å². The van der Waals surface area contributed by atoms with Crippen molar-refractivity contribution in [2.45, 2.75) is 32.7 Å². The van der Waals surface area contributed by atoms with Gasteiger partial charge in [0.25, 0.3) is 11.5 Å². The zero-order valence-corrected chi connectivity index (χ0v) is 16.3. The quantitative estimate of drug-likeness (QED) is 0.711. The van der Waals surface area contributed by atoms with Crippen molar-refractivity contribution in [1.82, 2.24) is 4.57 Å². The lowest BCUT2D eigenvalue weighted by molar-refractivity contribution is -0.116. The highest BCUT2D eigenvalue weighted by Gasteiger charge is 2.27. The van der Waals surface area contributed by atoms with E-state index in [1.165, 1.54) is 15.9 Å². The van der Waals surface area contributed by atoms with Gasteiger partial charge in [0.2, 0.25) is 5.91 Å². The number of rotatable bonds is 4. The van der Waals surface area contributed by atoms with Crippen molar-refractivity contribution >= 4 is 38.9 Å². The maximum absolute atomic E-state index is 12.6. The van der Waals surface area contributed by atoms with Gasteiger partial charge >= 0.3 is 0 Å². The molecule has 0 aliphatic heterocycles. The van der Waals surface area contributed by atoms with Crippen LogP contribution >= 0.6 is 11.3 Å². The van der Waals surface area contributed by atoms with Crippen LogP contribution in [0.2, 0.25) is 0 Å². The summed E-state index contributed by atoms with van der Waals surface area (Å²) < 4.78 is 1.37. The summed E-state index contributed by atoms with van der Waals surface area (Å²) in [5.41, 5.74) is 6.76. The van der Waals surface area contributed by atoms with E-state index in [9.17, 15) is 14.4 Å². The van der Waals surface area contributed by atoms with E-state index < -0.39 is 5.91 Å². The molecular weight excluding hydrogens is 374 g/mol. The first kappa shape index (κ1) is 18.4. The number of carbonyl (C=O) groups excluding carboxylic acids is 2. The number of benzene rings is 1. The van der Waals surface area contributed by atoms with Crippen LogP contribution in [0.4, 0.5) is 5.00 Å². The van der Waals surface area contributed by atoms with Crippen molar-refractivity contribution in [3.05, 3.63) is 62.9 Å². The zero-order valence-electron chi connectivity index (χ0n) is 15.5. The molecule has 0 radical (unpaired) electrons. The second-order valence-corrected chi connectivity index (χ2v) is 8.41. The highest BCUT2D eigenvalue weighted by Crippen LogP contribution is 2.39. The summed E-state index contributed by atoms with van der Waals surface area (Å²) in [4.78, 5) is 38.3. The number of nitrogens with zero attached hydrogens (tertiary/aromatic N) is 1. The average Bonchev–Trinajstić information content (AvgIpc) is 3.01. The Morgan fingerprint density at radius 2 is 2.07 bits per heavy atom. The lowest BCUT2D eigenvalue weighted by atomic mass is 9.88. The minimum absolute atomic E-state index is 0.124. The number of hydrogen-bond donors (Lipinski definition) is 2. The summed E-state index contributed by atoms with van der Waals surface area (Å²) >= 11 is 1.42.